The van der Waals surface area contributed by atoms with E-state index in [1.807, 2.05) is 24.3 Å². The van der Waals surface area contributed by atoms with Crippen LogP contribution in [0, 0.1) is 0 Å². The molecule has 90 valence electrons. The molecule has 6 heteroatoms. The van der Waals surface area contributed by atoms with Gasteiger partial charge in [-0.2, -0.15) is 0 Å². The smallest absolute Gasteiger partial charge is 0.278 e. The highest BCUT2D eigenvalue weighted by atomic mass is 16.7. The Morgan fingerprint density at radius 3 is 2.67 bits per heavy atom. The Morgan fingerprint density at radius 1 is 1.17 bits per heavy atom. The fourth-order valence-electron chi connectivity index (χ4n) is 1.69. The highest BCUT2D eigenvalue weighted by Gasteiger charge is 2.22. The molecule has 0 aliphatic heterocycles. The molecule has 0 atom stereocenters. The second-order valence-corrected chi connectivity index (χ2v) is 3.81. The molecular formula is C12H8N2O4. The number of aromatic amines is 1. The number of nitrogens with one attached hydrogen (secondary N) is 2. The minimum Gasteiger partial charge on any atom is -0.501 e. The van der Waals surface area contributed by atoms with E-state index in [1.165, 1.54) is 0 Å². The number of aromatic hydroxyl groups is 1. The van der Waals surface area contributed by atoms with Crippen LogP contribution in [-0.4, -0.2) is 10.1 Å². The second-order valence-electron chi connectivity index (χ2n) is 3.81. The van der Waals surface area contributed by atoms with Crippen LogP contribution in [0.25, 0.3) is 10.9 Å². The van der Waals surface area contributed by atoms with Gasteiger partial charge in [0.2, 0.25) is 5.75 Å². The van der Waals surface area contributed by atoms with Crippen LogP contribution in [0.5, 0.6) is 11.5 Å². The number of hydrogen-bond donors (Lipinski definition) is 3. The first-order valence-corrected chi connectivity index (χ1v) is 5.19. The van der Waals surface area contributed by atoms with Gasteiger partial charge >= 0.3 is 0 Å². The van der Waals surface area contributed by atoms with Crippen LogP contribution in [0.2, 0.25) is 0 Å². The molecule has 3 N–H and O–H groups in total. The van der Waals surface area contributed by atoms with E-state index in [4.69, 9.17) is 9.94 Å². The van der Waals surface area contributed by atoms with E-state index >= 15 is 0 Å². The quantitative estimate of drug-likeness (QED) is 0.470. The van der Waals surface area contributed by atoms with Crippen molar-refractivity contribution in [1.29, 1.82) is 0 Å². The number of para-hydroxylation sites is 1. The molecular weight excluding hydrogens is 236 g/mol. The number of aromatic nitrogens is 1. The van der Waals surface area contributed by atoms with Crippen LogP contribution in [-0.2, 0) is 0 Å². The molecule has 3 aromatic rings. The lowest BCUT2D eigenvalue weighted by Crippen LogP contribution is -2.32. The number of fused-ring (bicyclic) bond motifs is 1. The van der Waals surface area contributed by atoms with Crippen molar-refractivity contribution in [3.05, 3.63) is 50.8 Å². The van der Waals surface area contributed by atoms with E-state index in [9.17, 15) is 9.59 Å². The first-order chi connectivity index (χ1) is 8.66. The summed E-state index contributed by atoms with van der Waals surface area (Å²) in [6, 6.07) is 9.34. The Balaban J connectivity index is 1.82. The lowest BCUT2D eigenvalue weighted by molar-refractivity contribution is 0.350. The standard InChI is InChI=1S/C12H8N2O4/c15-9-10(16)12(11(9)17)18-14-8-5-6-3-1-2-4-7(6)13-8/h1-5,13-14,16H. The van der Waals surface area contributed by atoms with Crippen LogP contribution < -0.4 is 21.2 Å². The fourth-order valence-corrected chi connectivity index (χ4v) is 1.69. The molecule has 0 aliphatic rings. The predicted octanol–water partition coefficient (Wildman–Crippen LogP) is 0.875. The third-order valence-corrected chi connectivity index (χ3v) is 2.64. The molecule has 1 heterocycles. The second kappa shape index (κ2) is 3.63. The van der Waals surface area contributed by atoms with Crippen LogP contribution >= 0.6 is 0 Å². The SMILES string of the molecule is O=c1c(O)c(ONc2cc3ccccc3[nH]2)c1=O. The third kappa shape index (κ3) is 1.43. The van der Waals surface area contributed by atoms with E-state index in [-0.39, 0.29) is 5.75 Å². The van der Waals surface area contributed by atoms with E-state index in [0.29, 0.717) is 5.82 Å². The number of hydrogen-bond acceptors (Lipinski definition) is 5. The molecule has 1 aromatic heterocycles. The molecule has 0 spiro atoms. The fraction of sp³-hybridized carbons (Fsp3) is 0. The molecule has 0 saturated carbocycles. The minimum atomic E-state index is -0.927. The van der Waals surface area contributed by atoms with Crippen molar-refractivity contribution in [1.82, 2.24) is 4.98 Å². The maximum atomic E-state index is 11.0. The van der Waals surface area contributed by atoms with Crippen molar-refractivity contribution in [3.8, 4) is 11.5 Å². The molecule has 18 heavy (non-hydrogen) atoms. The number of H-pyrrole nitrogens is 1. The van der Waals surface area contributed by atoms with Crippen molar-refractivity contribution < 1.29 is 9.94 Å². The van der Waals surface area contributed by atoms with Crippen LogP contribution in [0.1, 0.15) is 0 Å². The van der Waals surface area contributed by atoms with Crippen molar-refractivity contribution in [2.24, 2.45) is 0 Å². The third-order valence-electron chi connectivity index (χ3n) is 2.64. The van der Waals surface area contributed by atoms with Crippen molar-refractivity contribution in [2.45, 2.75) is 0 Å². The van der Waals surface area contributed by atoms with Gasteiger partial charge in [-0.25, -0.2) is 5.48 Å². The molecule has 0 radical (unpaired) electrons. The van der Waals surface area contributed by atoms with Gasteiger partial charge in [0.1, 0.15) is 5.82 Å². The summed E-state index contributed by atoms with van der Waals surface area (Å²) in [5, 5.41) is 10.1. The van der Waals surface area contributed by atoms with Gasteiger partial charge in [-0.3, -0.25) is 9.59 Å². The molecule has 0 unspecified atom stereocenters. The average molecular weight is 244 g/mol. The highest BCUT2D eigenvalue weighted by molar-refractivity contribution is 5.83. The van der Waals surface area contributed by atoms with E-state index < -0.39 is 16.6 Å². The predicted molar refractivity (Wildman–Crippen MR) is 65.6 cm³/mol. The largest absolute Gasteiger partial charge is 0.501 e. The van der Waals surface area contributed by atoms with Gasteiger partial charge in [0.15, 0.2) is 0 Å². The van der Waals surface area contributed by atoms with Crippen LogP contribution in [0.4, 0.5) is 5.82 Å². The van der Waals surface area contributed by atoms with E-state index in [2.05, 4.69) is 10.5 Å². The first kappa shape index (κ1) is 10.4. The molecule has 0 bridgehead atoms. The van der Waals surface area contributed by atoms with Gasteiger partial charge in [-0.15, -0.1) is 0 Å². The Hall–Kier alpha value is -2.76. The maximum Gasteiger partial charge on any atom is 0.278 e. The number of anilines is 1. The summed E-state index contributed by atoms with van der Waals surface area (Å²) in [5.41, 5.74) is 1.61. The average Bonchev–Trinajstić information content (AvgIpc) is 2.80. The highest BCUT2D eigenvalue weighted by Crippen LogP contribution is 2.21. The van der Waals surface area contributed by atoms with E-state index in [0.717, 1.165) is 10.9 Å². The number of benzene rings is 1. The first-order valence-electron chi connectivity index (χ1n) is 5.19. The molecule has 0 amide bonds. The van der Waals surface area contributed by atoms with E-state index in [1.54, 1.807) is 6.07 Å². The zero-order valence-electron chi connectivity index (χ0n) is 9.06. The maximum absolute atomic E-state index is 11.0. The minimum absolute atomic E-state index is 0.362. The monoisotopic (exact) mass is 244 g/mol. The molecule has 6 nitrogen and oxygen atoms in total. The van der Waals surface area contributed by atoms with Gasteiger partial charge in [0.05, 0.1) is 0 Å². The molecule has 0 fully saturated rings. The molecule has 0 saturated heterocycles. The topological polar surface area (TPSA) is 91.4 Å². The number of rotatable bonds is 3. The Bertz CT molecular complexity index is 763. The lowest BCUT2D eigenvalue weighted by atomic mass is 10.2. The molecule has 3 rings (SSSR count). The lowest BCUT2D eigenvalue weighted by Gasteiger charge is -2.07. The zero-order valence-corrected chi connectivity index (χ0v) is 9.06. The van der Waals surface area contributed by atoms with Gasteiger partial charge in [-0.1, -0.05) is 18.2 Å². The van der Waals surface area contributed by atoms with Crippen LogP contribution in [0.15, 0.2) is 39.9 Å². The van der Waals surface area contributed by atoms with Crippen molar-refractivity contribution in [3.63, 3.8) is 0 Å². The molecule has 2 aromatic carbocycles. The van der Waals surface area contributed by atoms with Crippen molar-refractivity contribution in [2.75, 3.05) is 5.48 Å². The summed E-state index contributed by atoms with van der Waals surface area (Å²) in [4.78, 5) is 29.6. The Labute approximate surface area is 100 Å². The Morgan fingerprint density at radius 2 is 1.94 bits per heavy atom. The summed E-state index contributed by atoms with van der Waals surface area (Å²) in [5.74, 6) is -0.495. The summed E-state index contributed by atoms with van der Waals surface area (Å²) in [6.07, 6.45) is 0. The Kier molecular flexibility index (Phi) is 2.09. The van der Waals surface area contributed by atoms with Gasteiger partial charge < -0.3 is 14.9 Å². The van der Waals surface area contributed by atoms with Crippen molar-refractivity contribution >= 4 is 16.7 Å². The van der Waals surface area contributed by atoms with Gasteiger partial charge in [0, 0.05) is 10.9 Å². The summed E-state index contributed by atoms with van der Waals surface area (Å²) < 4.78 is 0. The zero-order chi connectivity index (χ0) is 12.7. The summed E-state index contributed by atoms with van der Waals surface area (Å²) >= 11 is 0. The summed E-state index contributed by atoms with van der Waals surface area (Å²) in [6.45, 7) is 0. The molecule has 0 aliphatic carbocycles. The van der Waals surface area contributed by atoms with Crippen LogP contribution in [0.3, 0.4) is 0 Å². The van der Waals surface area contributed by atoms with Gasteiger partial charge in [-0.05, 0) is 12.1 Å². The summed E-state index contributed by atoms with van der Waals surface area (Å²) in [7, 11) is 0. The normalized spacial score (nSPS) is 10.9. The van der Waals surface area contributed by atoms with Gasteiger partial charge in [0.25, 0.3) is 16.6 Å².